The number of esters is 1. The first-order valence-corrected chi connectivity index (χ1v) is 8.39. The summed E-state index contributed by atoms with van der Waals surface area (Å²) in [6, 6.07) is 17.0. The molecule has 24 heavy (non-hydrogen) atoms. The Hall–Kier alpha value is -2.35. The molecule has 0 saturated carbocycles. The minimum atomic E-state index is -0.311. The van der Waals surface area contributed by atoms with Crippen LogP contribution in [0, 0.1) is 5.41 Å². The van der Waals surface area contributed by atoms with Gasteiger partial charge < -0.3 is 4.74 Å². The molecule has 0 aliphatic heterocycles. The van der Waals surface area contributed by atoms with Crippen LogP contribution in [0.15, 0.2) is 60.7 Å². The molecule has 0 N–H and O–H groups in total. The highest BCUT2D eigenvalue weighted by atomic mass is 16.5. The van der Waals surface area contributed by atoms with Gasteiger partial charge in [0, 0.05) is 11.0 Å². The van der Waals surface area contributed by atoms with E-state index in [9.17, 15) is 4.79 Å². The predicted octanol–water partition coefficient (Wildman–Crippen LogP) is 5.02. The average Bonchev–Trinajstić information content (AvgIpc) is 2.78. The molecule has 3 rings (SSSR count). The van der Waals surface area contributed by atoms with Crippen LogP contribution in [0.25, 0.3) is 0 Å². The lowest BCUT2D eigenvalue weighted by Crippen LogP contribution is -2.23. The van der Waals surface area contributed by atoms with Gasteiger partial charge in [-0.1, -0.05) is 69.0 Å². The second-order valence-electron chi connectivity index (χ2n) is 7.43. The number of carbonyl (C=O) groups is 1. The van der Waals surface area contributed by atoms with E-state index in [4.69, 9.17) is 4.74 Å². The summed E-state index contributed by atoms with van der Waals surface area (Å²) in [5.74, 6) is -0.311. The average molecular weight is 320 g/mol. The Labute approximate surface area is 144 Å². The summed E-state index contributed by atoms with van der Waals surface area (Å²) in [7, 11) is 0. The van der Waals surface area contributed by atoms with Gasteiger partial charge in [0.25, 0.3) is 0 Å². The molecular formula is C22H24O2. The highest BCUT2D eigenvalue weighted by molar-refractivity contribution is 5.87. The molecule has 1 atom stereocenters. The number of carbonyl (C=O) groups excluding carboxylic acids is 1. The number of hydrogen-bond acceptors (Lipinski definition) is 2. The largest absolute Gasteiger partial charge is 0.454 e. The van der Waals surface area contributed by atoms with Gasteiger partial charge in [-0.2, -0.15) is 0 Å². The summed E-state index contributed by atoms with van der Waals surface area (Å²) in [5, 5.41) is 0. The summed E-state index contributed by atoms with van der Waals surface area (Å²) < 4.78 is 5.73. The molecule has 2 aromatic rings. The van der Waals surface area contributed by atoms with Crippen LogP contribution in [-0.2, 0) is 22.4 Å². The fourth-order valence-corrected chi connectivity index (χ4v) is 3.44. The Bertz CT molecular complexity index is 772. The molecule has 0 spiro atoms. The van der Waals surface area contributed by atoms with Crippen LogP contribution >= 0.6 is 0 Å². The van der Waals surface area contributed by atoms with Crippen molar-refractivity contribution in [3.8, 4) is 0 Å². The van der Waals surface area contributed by atoms with Crippen LogP contribution in [0.5, 0.6) is 0 Å². The van der Waals surface area contributed by atoms with Gasteiger partial charge in [-0.3, -0.25) is 0 Å². The van der Waals surface area contributed by atoms with Gasteiger partial charge in [-0.05, 0) is 42.0 Å². The molecule has 2 heteroatoms. The summed E-state index contributed by atoms with van der Waals surface area (Å²) >= 11 is 0. The van der Waals surface area contributed by atoms with Crippen molar-refractivity contribution in [1.29, 1.82) is 0 Å². The minimum Gasteiger partial charge on any atom is -0.454 e. The number of benzene rings is 2. The smallest absolute Gasteiger partial charge is 0.333 e. The third-order valence-corrected chi connectivity index (χ3v) is 4.67. The van der Waals surface area contributed by atoms with Crippen molar-refractivity contribution in [2.45, 2.75) is 39.7 Å². The molecule has 0 saturated heterocycles. The fraction of sp³-hybridized carbons (Fsp3) is 0.318. The van der Waals surface area contributed by atoms with E-state index in [0.717, 1.165) is 18.4 Å². The van der Waals surface area contributed by atoms with Crippen molar-refractivity contribution in [3.05, 3.63) is 82.9 Å². The first kappa shape index (κ1) is 16.5. The van der Waals surface area contributed by atoms with Crippen molar-refractivity contribution < 1.29 is 9.53 Å². The van der Waals surface area contributed by atoms with Crippen molar-refractivity contribution in [3.63, 3.8) is 0 Å². The van der Waals surface area contributed by atoms with Crippen molar-refractivity contribution in [1.82, 2.24) is 0 Å². The molecule has 1 aliphatic carbocycles. The van der Waals surface area contributed by atoms with Crippen molar-refractivity contribution in [2.24, 2.45) is 5.41 Å². The molecule has 1 aliphatic rings. The summed E-state index contributed by atoms with van der Waals surface area (Å²) in [6.07, 6.45) is 1.63. The van der Waals surface area contributed by atoms with Crippen LogP contribution in [0.3, 0.4) is 0 Å². The molecule has 2 nitrogen and oxygen atoms in total. The van der Waals surface area contributed by atoms with Gasteiger partial charge in [0.2, 0.25) is 0 Å². The maximum atomic E-state index is 12.0. The SMILES string of the molecule is C=C(C)C(=O)OC1c2ccc(Cc3ccccc3)cc2CC1(C)C. The molecule has 0 bridgehead atoms. The monoisotopic (exact) mass is 320 g/mol. The molecular weight excluding hydrogens is 296 g/mol. The van der Waals surface area contributed by atoms with Gasteiger partial charge in [-0.15, -0.1) is 0 Å². The van der Waals surface area contributed by atoms with E-state index in [0.29, 0.717) is 5.57 Å². The third kappa shape index (κ3) is 3.28. The standard InChI is InChI=1S/C22H24O2/c1-15(2)21(23)24-20-19-11-10-17(12-16-8-6-5-7-9-16)13-18(19)14-22(20,3)4/h5-11,13,20H,1,12,14H2,2-4H3. The fourth-order valence-electron chi connectivity index (χ4n) is 3.44. The van der Waals surface area contributed by atoms with E-state index in [1.807, 2.05) is 6.07 Å². The number of rotatable bonds is 4. The second-order valence-corrected chi connectivity index (χ2v) is 7.43. The Morgan fingerprint density at radius 1 is 1.17 bits per heavy atom. The molecule has 0 heterocycles. The van der Waals surface area contributed by atoms with Crippen molar-refractivity contribution >= 4 is 5.97 Å². The van der Waals surface area contributed by atoms with E-state index in [1.54, 1.807) is 6.92 Å². The quantitative estimate of drug-likeness (QED) is 0.584. The maximum Gasteiger partial charge on any atom is 0.333 e. The van der Waals surface area contributed by atoms with E-state index in [1.165, 1.54) is 16.7 Å². The number of hydrogen-bond donors (Lipinski definition) is 0. The zero-order valence-corrected chi connectivity index (χ0v) is 14.6. The molecule has 0 amide bonds. The predicted molar refractivity (Wildman–Crippen MR) is 96.8 cm³/mol. The number of ether oxygens (including phenoxy) is 1. The van der Waals surface area contributed by atoms with E-state index in [2.05, 4.69) is 62.9 Å². The first-order valence-electron chi connectivity index (χ1n) is 8.39. The second kappa shape index (κ2) is 6.27. The minimum absolute atomic E-state index is 0.0984. The topological polar surface area (TPSA) is 26.3 Å². The molecule has 124 valence electrons. The lowest BCUT2D eigenvalue weighted by molar-refractivity contribution is -0.149. The number of fused-ring (bicyclic) bond motifs is 1. The maximum absolute atomic E-state index is 12.0. The van der Waals surface area contributed by atoms with Crippen LogP contribution in [0.4, 0.5) is 0 Å². The van der Waals surface area contributed by atoms with Gasteiger partial charge in [0.1, 0.15) is 6.10 Å². The van der Waals surface area contributed by atoms with Crippen LogP contribution in [0.1, 0.15) is 49.1 Å². The Balaban J connectivity index is 1.86. The van der Waals surface area contributed by atoms with Crippen LogP contribution in [-0.4, -0.2) is 5.97 Å². The summed E-state index contributed by atoms with van der Waals surface area (Å²) in [6.45, 7) is 9.68. The third-order valence-electron chi connectivity index (χ3n) is 4.67. The highest BCUT2D eigenvalue weighted by Gasteiger charge is 2.41. The van der Waals surface area contributed by atoms with Gasteiger partial charge in [0.15, 0.2) is 0 Å². The van der Waals surface area contributed by atoms with E-state index < -0.39 is 0 Å². The zero-order chi connectivity index (χ0) is 17.3. The normalized spacial score (nSPS) is 18.0. The molecule has 1 unspecified atom stereocenters. The Morgan fingerprint density at radius 2 is 1.88 bits per heavy atom. The van der Waals surface area contributed by atoms with Crippen LogP contribution < -0.4 is 0 Å². The lowest BCUT2D eigenvalue weighted by atomic mass is 9.87. The first-order chi connectivity index (χ1) is 11.4. The Morgan fingerprint density at radius 3 is 2.54 bits per heavy atom. The summed E-state index contributed by atoms with van der Waals surface area (Å²) in [4.78, 5) is 12.0. The molecule has 0 fully saturated rings. The molecule has 2 aromatic carbocycles. The van der Waals surface area contributed by atoms with Crippen molar-refractivity contribution in [2.75, 3.05) is 0 Å². The molecule has 0 aromatic heterocycles. The molecule has 0 radical (unpaired) electrons. The zero-order valence-electron chi connectivity index (χ0n) is 14.6. The van der Waals surface area contributed by atoms with E-state index in [-0.39, 0.29) is 17.5 Å². The lowest BCUT2D eigenvalue weighted by Gasteiger charge is -2.27. The highest BCUT2D eigenvalue weighted by Crippen LogP contribution is 2.48. The Kier molecular flexibility index (Phi) is 4.31. The summed E-state index contributed by atoms with van der Waals surface area (Å²) in [5.41, 5.74) is 5.36. The van der Waals surface area contributed by atoms with Gasteiger partial charge in [-0.25, -0.2) is 4.79 Å². The van der Waals surface area contributed by atoms with Gasteiger partial charge >= 0.3 is 5.97 Å². The van der Waals surface area contributed by atoms with Crippen LogP contribution in [0.2, 0.25) is 0 Å². The van der Waals surface area contributed by atoms with E-state index >= 15 is 0 Å². The van der Waals surface area contributed by atoms with Gasteiger partial charge in [0.05, 0.1) is 0 Å².